The van der Waals surface area contributed by atoms with Crippen molar-refractivity contribution < 1.29 is 121 Å². The summed E-state index contributed by atoms with van der Waals surface area (Å²) in [5.74, 6) is -2.29. The highest BCUT2D eigenvalue weighted by Gasteiger charge is 2.46. The maximum Gasteiger partial charge on any atom is 0.534 e. The quantitative estimate of drug-likeness (QED) is 0.0168. The van der Waals surface area contributed by atoms with Gasteiger partial charge in [-0.05, 0) is 118 Å². The van der Waals surface area contributed by atoms with Crippen LogP contribution in [0.15, 0.2) is 107 Å². The van der Waals surface area contributed by atoms with Crippen molar-refractivity contribution in [3.8, 4) is 11.5 Å². The number of sulfonamides is 2. The summed E-state index contributed by atoms with van der Waals surface area (Å²) >= 11 is 0. The second-order valence-electron chi connectivity index (χ2n) is 27.0. The lowest BCUT2D eigenvalue weighted by Crippen LogP contribution is -2.43. The molecule has 2 amide bonds. The molecule has 4 aromatic carbocycles. The van der Waals surface area contributed by atoms with Gasteiger partial charge in [-0.1, -0.05) is 81.3 Å². The third kappa shape index (κ3) is 26.1. The first kappa shape index (κ1) is 83.6. The van der Waals surface area contributed by atoms with Gasteiger partial charge in [0.2, 0.25) is 20.0 Å². The zero-order valence-electron chi connectivity index (χ0n) is 58.9. The van der Waals surface area contributed by atoms with Crippen molar-refractivity contribution in [2.24, 2.45) is 35.5 Å². The van der Waals surface area contributed by atoms with Gasteiger partial charge in [-0.25, -0.2) is 21.6 Å². The summed E-state index contributed by atoms with van der Waals surface area (Å²) in [7, 11) is -8.54. The monoisotopic (exact) mass is 1490 g/mol. The number of nitrogens with zero attached hydrogens (tertiary/aromatic N) is 3. The van der Waals surface area contributed by atoms with E-state index in [0.29, 0.717) is 53.6 Å². The van der Waals surface area contributed by atoms with E-state index in [2.05, 4.69) is 4.84 Å². The summed E-state index contributed by atoms with van der Waals surface area (Å²) in [4.78, 5) is 86.8. The van der Waals surface area contributed by atoms with Crippen LogP contribution in [0.5, 0.6) is 11.5 Å². The van der Waals surface area contributed by atoms with Crippen LogP contribution < -0.4 is 9.47 Å². The summed E-state index contributed by atoms with van der Waals surface area (Å²) in [5, 5.41) is 23.2. The molecule has 32 heteroatoms. The number of carbonyl (C=O) groups excluding carboxylic acids is 7. The molecule has 0 aromatic heterocycles. The van der Waals surface area contributed by atoms with Crippen LogP contribution in [-0.4, -0.2) is 212 Å². The number of methoxy groups -OCH3 is 2. The van der Waals surface area contributed by atoms with E-state index in [9.17, 15) is 69.0 Å². The second-order valence-corrected chi connectivity index (χ2v) is 32.3. The average Bonchev–Trinajstić information content (AvgIpc) is 1.68. The summed E-state index contributed by atoms with van der Waals surface area (Å²) < 4.78 is 131. The molecule has 4 unspecified atom stereocenters. The number of hydroxylamine groups is 2. The van der Waals surface area contributed by atoms with Gasteiger partial charge in [0.15, 0.2) is 12.6 Å². The summed E-state index contributed by atoms with van der Waals surface area (Å²) in [6.07, 6.45) is -0.827. The predicted molar refractivity (Wildman–Crippen MR) is 366 cm³/mol. The van der Waals surface area contributed by atoms with E-state index in [1.54, 1.807) is 93.6 Å². The summed E-state index contributed by atoms with van der Waals surface area (Å²) in [6, 6.07) is 25.9. The molecule has 0 spiro atoms. The molecule has 5 heterocycles. The van der Waals surface area contributed by atoms with Crippen molar-refractivity contribution in [1.29, 1.82) is 0 Å². The summed E-state index contributed by atoms with van der Waals surface area (Å²) in [6.45, 7) is 14.5. The molecule has 3 N–H and O–H groups in total. The van der Waals surface area contributed by atoms with E-state index in [0.717, 1.165) is 36.5 Å². The lowest BCUT2D eigenvalue weighted by Gasteiger charge is -2.30. The second kappa shape index (κ2) is 38.4. The van der Waals surface area contributed by atoms with Gasteiger partial charge >= 0.3 is 18.1 Å². The van der Waals surface area contributed by atoms with Crippen LogP contribution >= 0.6 is 0 Å². The standard InChI is InChI=1S/C30H39NO9S.C28H39NO7S.C11H13NO7.CH4O3S/c1-20(2)16-31(41(35,36)25-10-8-24(37-3)9-11-25)17-27(33)23(14-21-4-6-22(18-32)7-5-21)15-29(34)40-28-19-39-30-26(28)12-13-38-30;1-20(2)17-29(37(33,34)25-13-11-24(35-6)12-14-25)18-26(31)23(16-27(32)36-28(3,4)5)15-21-7-9-22(19-30)10-8-21;13-8-1-2-9(14)12(8)19-11(15)18-7-5-17-10-6(7)3-4-16-10;1-5(2,3)4/h4-11,18,20,23,26-28,30,33H,12-17,19H2,1-3H3;7-14,19-20,23,26,31H,15-18H2,1-6H3;6-7,10H,1-5H2;1H3,(H,2,3,4)/t23?,26-,27+,28?,30+;23?,26-;6-,7?,10+;/m010./s1. The van der Waals surface area contributed by atoms with E-state index < -0.39 is 102 Å². The van der Waals surface area contributed by atoms with Crippen LogP contribution in [0.2, 0.25) is 0 Å². The lowest BCUT2D eigenvalue weighted by atomic mass is 9.90. The number of ether oxygens (including phenoxy) is 9. The number of aliphatic hydroxyl groups excluding tert-OH is 2. The Balaban J connectivity index is 0.000000245. The normalized spacial score (nSPS) is 20.7. The number of amides is 2. The molecule has 0 radical (unpaired) electrons. The van der Waals surface area contributed by atoms with E-state index in [1.165, 1.54) is 47.1 Å². The van der Waals surface area contributed by atoms with E-state index in [1.807, 2.05) is 27.7 Å². The molecule has 564 valence electrons. The number of hydrogen-bond donors (Lipinski definition) is 3. The number of imide groups is 1. The number of benzene rings is 4. The van der Waals surface area contributed by atoms with Crippen LogP contribution in [0.25, 0.3) is 0 Å². The molecule has 4 aromatic rings. The van der Waals surface area contributed by atoms with Crippen LogP contribution in [0.3, 0.4) is 0 Å². The number of esters is 2. The zero-order chi connectivity index (χ0) is 75.3. The number of rotatable bonds is 29. The van der Waals surface area contributed by atoms with Crippen LogP contribution in [-0.2, 0) is 100 Å². The third-order valence-corrected chi connectivity index (χ3v) is 20.3. The van der Waals surface area contributed by atoms with Crippen molar-refractivity contribution in [3.05, 3.63) is 119 Å². The van der Waals surface area contributed by atoms with Crippen LogP contribution in [0.1, 0.15) is 119 Å². The molecule has 5 saturated heterocycles. The molecule has 10 atom stereocenters. The van der Waals surface area contributed by atoms with Gasteiger partial charge in [0.25, 0.3) is 21.9 Å². The Morgan fingerprint density at radius 3 is 1.30 bits per heavy atom. The van der Waals surface area contributed by atoms with Gasteiger partial charge in [-0.3, -0.25) is 38.2 Å². The molecule has 102 heavy (non-hydrogen) atoms. The van der Waals surface area contributed by atoms with E-state index in [4.69, 9.17) is 47.2 Å². The van der Waals surface area contributed by atoms with Gasteiger partial charge in [0.05, 0.1) is 93.6 Å². The number of aldehydes is 2. The van der Waals surface area contributed by atoms with E-state index >= 15 is 0 Å². The van der Waals surface area contributed by atoms with Gasteiger partial charge < -0.3 is 52.8 Å². The van der Waals surface area contributed by atoms with Gasteiger partial charge in [-0.2, -0.15) is 17.0 Å². The van der Waals surface area contributed by atoms with Gasteiger partial charge in [0.1, 0.15) is 41.9 Å². The molecule has 5 aliphatic heterocycles. The van der Waals surface area contributed by atoms with E-state index in [-0.39, 0.29) is 118 Å². The molecular weight excluding hydrogens is 1390 g/mol. The molecule has 0 bridgehead atoms. The van der Waals surface area contributed by atoms with Crippen LogP contribution in [0.4, 0.5) is 4.79 Å². The van der Waals surface area contributed by atoms with Crippen molar-refractivity contribution >= 4 is 72.6 Å². The van der Waals surface area contributed by atoms with Crippen molar-refractivity contribution in [1.82, 2.24) is 13.7 Å². The molecule has 5 fully saturated rings. The SMILES string of the molecule is COc1ccc(S(=O)(=O)N(CC(C)C)C[C@@H](O)C(CC(=O)OC(C)(C)C)Cc2ccc(C=O)cc2)cc1.COc1ccc(S(=O)(=O)N(CC(C)C)C[C@@H](O)C(CC(=O)OC2CO[C@H]3OCC[C@@H]23)Cc2ccc(C=O)cc2)cc1.CS(=O)(=O)O.O=C(OC1CO[C@H]2OCC[C@@H]12)ON1C(=O)CCC1=O. The molecule has 29 nitrogen and oxygen atoms in total. The van der Waals surface area contributed by atoms with Crippen molar-refractivity contribution in [2.45, 2.75) is 152 Å². The Bertz CT molecular complexity index is 3740. The first-order chi connectivity index (χ1) is 48.0. The number of fused-ring (bicyclic) bond motifs is 2. The Hall–Kier alpha value is -7.34. The zero-order valence-corrected chi connectivity index (χ0v) is 61.4. The maximum atomic E-state index is 13.6. The highest BCUT2D eigenvalue weighted by Crippen LogP contribution is 2.36. The van der Waals surface area contributed by atoms with Gasteiger partial charge in [-0.15, -0.1) is 0 Å². The molecule has 0 saturated carbocycles. The molecular formula is C70H95N3O26S3. The minimum absolute atomic E-state index is 0.000384. The molecule has 5 aliphatic rings. The lowest BCUT2D eigenvalue weighted by molar-refractivity contribution is -0.179. The number of hydrogen-bond acceptors (Lipinski definition) is 25. The first-order valence-corrected chi connectivity index (χ1v) is 38.0. The Morgan fingerprint density at radius 1 is 0.578 bits per heavy atom. The largest absolute Gasteiger partial charge is 0.534 e. The maximum absolute atomic E-state index is 13.6. The van der Waals surface area contributed by atoms with Crippen LogP contribution in [0, 0.1) is 35.5 Å². The predicted octanol–water partition coefficient (Wildman–Crippen LogP) is 6.64. The Labute approximate surface area is 596 Å². The fourth-order valence-corrected chi connectivity index (χ4v) is 14.9. The minimum atomic E-state index is -3.96. The summed E-state index contributed by atoms with van der Waals surface area (Å²) in [5.41, 5.74) is 1.94. The Kier molecular flexibility index (Phi) is 31.5. The Morgan fingerprint density at radius 2 is 0.951 bits per heavy atom. The third-order valence-electron chi connectivity index (χ3n) is 16.6. The molecule has 0 aliphatic carbocycles. The van der Waals surface area contributed by atoms with Crippen molar-refractivity contribution in [3.63, 3.8) is 0 Å². The number of carbonyl (C=O) groups is 7. The van der Waals surface area contributed by atoms with Crippen molar-refractivity contribution in [2.75, 3.05) is 73.1 Å². The molecule has 9 rings (SSSR count). The van der Waals surface area contributed by atoms with Gasteiger partial charge in [0, 0.05) is 62.0 Å². The fourth-order valence-electron chi connectivity index (χ4n) is 11.6. The average molecular weight is 1490 g/mol. The minimum Gasteiger partial charge on any atom is -0.497 e. The topological polar surface area (TPSA) is 385 Å². The fraction of sp³-hybridized carbons (Fsp3) is 0.557. The smallest absolute Gasteiger partial charge is 0.497 e. The first-order valence-electron chi connectivity index (χ1n) is 33.3. The highest BCUT2D eigenvalue weighted by atomic mass is 32.2. The number of aliphatic hydroxyl groups is 2. The highest BCUT2D eigenvalue weighted by molar-refractivity contribution is 7.89.